The second-order valence-electron chi connectivity index (χ2n) is 4.77. The lowest BCUT2D eigenvalue weighted by Crippen LogP contribution is -2.33. The van der Waals surface area contributed by atoms with Crippen molar-refractivity contribution in [3.05, 3.63) is 70.5 Å². The van der Waals surface area contributed by atoms with E-state index in [2.05, 4.69) is 48.7 Å². The molecule has 1 heterocycles. The fourth-order valence-corrected chi connectivity index (χ4v) is 2.93. The zero-order valence-electron chi connectivity index (χ0n) is 10.4. The highest BCUT2D eigenvalue weighted by Gasteiger charge is 2.23. The van der Waals surface area contributed by atoms with Crippen LogP contribution in [0.1, 0.15) is 22.4 Å². The molecule has 0 saturated carbocycles. The van der Waals surface area contributed by atoms with E-state index in [0.717, 1.165) is 23.4 Å². The molecule has 0 unspecified atom stereocenters. The number of hydrogen-bond acceptors (Lipinski definition) is 0. The minimum absolute atomic E-state index is 0.803. The lowest BCUT2D eigenvalue weighted by atomic mass is 9.99. The molecule has 0 atom stereocenters. The number of pyridine rings is 1. The maximum atomic E-state index is 6.09. The lowest BCUT2D eigenvalue weighted by molar-refractivity contribution is -0.674. The Morgan fingerprint density at radius 2 is 1.94 bits per heavy atom. The Morgan fingerprint density at radius 1 is 1.17 bits per heavy atom. The normalized spacial score (nSPS) is 13.8. The summed E-state index contributed by atoms with van der Waals surface area (Å²) in [6.45, 7) is 4.28. The Bertz CT molecular complexity index is 644. The van der Waals surface area contributed by atoms with Crippen LogP contribution in [0.15, 0.2) is 43.1 Å². The van der Waals surface area contributed by atoms with E-state index in [1.165, 1.54) is 22.4 Å². The van der Waals surface area contributed by atoms with Crippen molar-refractivity contribution in [1.82, 2.24) is 0 Å². The van der Waals surface area contributed by atoms with Crippen molar-refractivity contribution in [1.29, 1.82) is 0 Å². The smallest absolute Gasteiger partial charge is 0.201 e. The summed E-state index contributed by atoms with van der Waals surface area (Å²) in [7, 11) is 2.07. The van der Waals surface area contributed by atoms with Crippen molar-refractivity contribution in [3.63, 3.8) is 0 Å². The summed E-state index contributed by atoms with van der Waals surface area (Å²) in [6.07, 6.45) is 4.13. The van der Waals surface area contributed by atoms with E-state index < -0.39 is 0 Å². The summed E-state index contributed by atoms with van der Waals surface area (Å²) in [5.41, 5.74) is 6.21. The van der Waals surface area contributed by atoms with Gasteiger partial charge in [0.25, 0.3) is 0 Å². The molecule has 3 rings (SSSR count). The van der Waals surface area contributed by atoms with Crippen molar-refractivity contribution < 1.29 is 4.57 Å². The molecule has 1 aromatic carbocycles. The quantitative estimate of drug-likeness (QED) is 0.637. The highest BCUT2D eigenvalue weighted by Crippen LogP contribution is 2.31. The third-order valence-electron chi connectivity index (χ3n) is 3.61. The standard InChI is InChI=1S/C16H15ClN/c1-11-15-8-7-14(17)10-13(15)6-5-12-4-3-9-18(2)16(11)12/h3-4,7-10H,1,5-6H2,2H3/q+1. The van der Waals surface area contributed by atoms with Crippen LogP contribution in [0.2, 0.25) is 5.02 Å². The minimum atomic E-state index is 0.803. The SMILES string of the molecule is C=C1c2ccc(Cl)cc2CCc2ccc[n+](C)c21. The summed E-state index contributed by atoms with van der Waals surface area (Å²) in [5.74, 6) is 0. The van der Waals surface area contributed by atoms with Crippen LogP contribution in [0.3, 0.4) is 0 Å². The molecule has 0 amide bonds. The zero-order valence-corrected chi connectivity index (χ0v) is 11.2. The minimum Gasteiger partial charge on any atom is -0.201 e. The Balaban J connectivity index is 2.24. The van der Waals surface area contributed by atoms with Gasteiger partial charge in [-0.2, -0.15) is 0 Å². The number of rotatable bonds is 0. The summed E-state index contributed by atoms with van der Waals surface area (Å²) < 4.78 is 2.15. The topological polar surface area (TPSA) is 3.88 Å². The summed E-state index contributed by atoms with van der Waals surface area (Å²) in [4.78, 5) is 0. The molecule has 90 valence electrons. The third kappa shape index (κ3) is 1.75. The fourth-order valence-electron chi connectivity index (χ4n) is 2.74. The molecule has 2 heteroatoms. The van der Waals surface area contributed by atoms with Gasteiger partial charge in [-0.1, -0.05) is 24.2 Å². The molecule has 18 heavy (non-hydrogen) atoms. The van der Waals surface area contributed by atoms with Crippen molar-refractivity contribution >= 4 is 17.2 Å². The van der Waals surface area contributed by atoms with Gasteiger partial charge in [-0.3, -0.25) is 0 Å². The predicted molar refractivity (Wildman–Crippen MR) is 74.6 cm³/mol. The van der Waals surface area contributed by atoms with Crippen LogP contribution in [-0.2, 0) is 19.9 Å². The Morgan fingerprint density at radius 3 is 2.78 bits per heavy atom. The average molecular weight is 257 g/mol. The number of halogens is 1. The highest BCUT2D eigenvalue weighted by molar-refractivity contribution is 6.30. The van der Waals surface area contributed by atoms with Crippen LogP contribution in [-0.4, -0.2) is 0 Å². The van der Waals surface area contributed by atoms with Crippen LogP contribution in [0, 0.1) is 0 Å². The van der Waals surface area contributed by atoms with Gasteiger partial charge in [0.2, 0.25) is 5.69 Å². The van der Waals surface area contributed by atoms with Crippen molar-refractivity contribution in [2.45, 2.75) is 12.8 Å². The number of nitrogens with zero attached hydrogens (tertiary/aromatic N) is 1. The van der Waals surface area contributed by atoms with Crippen molar-refractivity contribution in [2.75, 3.05) is 0 Å². The fraction of sp³-hybridized carbons (Fsp3) is 0.188. The molecule has 1 aromatic heterocycles. The maximum absolute atomic E-state index is 6.09. The first-order valence-electron chi connectivity index (χ1n) is 6.12. The number of hydrogen-bond donors (Lipinski definition) is 0. The van der Waals surface area contributed by atoms with E-state index in [9.17, 15) is 0 Å². The van der Waals surface area contributed by atoms with E-state index in [-0.39, 0.29) is 0 Å². The molecule has 0 N–H and O–H groups in total. The Kier molecular flexibility index (Phi) is 2.71. The zero-order chi connectivity index (χ0) is 12.7. The van der Waals surface area contributed by atoms with Crippen LogP contribution < -0.4 is 4.57 Å². The first-order chi connectivity index (χ1) is 8.66. The summed E-state index contributed by atoms with van der Waals surface area (Å²) in [5, 5.41) is 0.803. The van der Waals surface area contributed by atoms with E-state index in [1.54, 1.807) is 0 Å². The summed E-state index contributed by atoms with van der Waals surface area (Å²) >= 11 is 6.09. The molecule has 1 nitrogen and oxygen atoms in total. The molecule has 0 spiro atoms. The molecule has 0 radical (unpaired) electrons. The molecule has 0 aliphatic heterocycles. The van der Waals surface area contributed by atoms with Gasteiger partial charge < -0.3 is 0 Å². The first kappa shape index (κ1) is 11.5. The first-order valence-corrected chi connectivity index (χ1v) is 6.50. The molecular weight excluding hydrogens is 242 g/mol. The number of aryl methyl sites for hydroxylation is 3. The van der Waals surface area contributed by atoms with E-state index in [1.807, 2.05) is 6.07 Å². The predicted octanol–water partition coefficient (Wildman–Crippen LogP) is 3.32. The Labute approximate surface area is 112 Å². The second-order valence-corrected chi connectivity index (χ2v) is 5.21. The molecule has 0 saturated heterocycles. The van der Waals surface area contributed by atoms with Crippen LogP contribution >= 0.6 is 11.6 Å². The number of benzene rings is 1. The third-order valence-corrected chi connectivity index (χ3v) is 3.84. The largest absolute Gasteiger partial charge is 0.215 e. The van der Waals surface area contributed by atoms with Gasteiger partial charge >= 0.3 is 0 Å². The van der Waals surface area contributed by atoms with Crippen molar-refractivity contribution in [2.24, 2.45) is 7.05 Å². The average Bonchev–Trinajstić information content (AvgIpc) is 2.48. The maximum Gasteiger partial charge on any atom is 0.215 e. The van der Waals surface area contributed by atoms with Gasteiger partial charge in [-0.15, -0.1) is 0 Å². The molecule has 0 fully saturated rings. The monoisotopic (exact) mass is 256 g/mol. The van der Waals surface area contributed by atoms with Gasteiger partial charge in [0.05, 0.1) is 0 Å². The number of fused-ring (bicyclic) bond motifs is 2. The van der Waals surface area contributed by atoms with Crippen LogP contribution in [0.4, 0.5) is 0 Å². The van der Waals surface area contributed by atoms with E-state index in [0.29, 0.717) is 0 Å². The number of aromatic nitrogens is 1. The van der Waals surface area contributed by atoms with Gasteiger partial charge in [0.1, 0.15) is 7.05 Å². The van der Waals surface area contributed by atoms with Crippen LogP contribution in [0.25, 0.3) is 5.57 Å². The molecule has 2 aromatic rings. The second kappa shape index (κ2) is 4.25. The van der Waals surface area contributed by atoms with Gasteiger partial charge in [0, 0.05) is 22.2 Å². The van der Waals surface area contributed by atoms with Gasteiger partial charge in [-0.05, 0) is 42.2 Å². The molecular formula is C16H15ClN+. The van der Waals surface area contributed by atoms with Gasteiger partial charge in [0.15, 0.2) is 6.20 Å². The Hall–Kier alpha value is -1.60. The molecule has 1 aliphatic carbocycles. The van der Waals surface area contributed by atoms with Gasteiger partial charge in [-0.25, -0.2) is 4.57 Å². The van der Waals surface area contributed by atoms with Crippen molar-refractivity contribution in [3.8, 4) is 0 Å². The van der Waals surface area contributed by atoms with E-state index in [4.69, 9.17) is 11.6 Å². The van der Waals surface area contributed by atoms with Crippen LogP contribution in [0.5, 0.6) is 0 Å². The highest BCUT2D eigenvalue weighted by atomic mass is 35.5. The lowest BCUT2D eigenvalue weighted by Gasteiger charge is -2.07. The molecule has 0 bridgehead atoms. The summed E-state index contributed by atoms with van der Waals surface area (Å²) in [6, 6.07) is 10.4. The molecule has 1 aliphatic rings. The van der Waals surface area contributed by atoms with E-state index >= 15 is 0 Å².